The molecule has 0 N–H and O–H groups in total. The summed E-state index contributed by atoms with van der Waals surface area (Å²) in [4.78, 5) is 4.93. The number of benzene rings is 16. The minimum absolute atomic E-state index is 0.00650. The van der Waals surface area contributed by atoms with E-state index < -0.39 is 48.4 Å². The molecule has 5 heteroatoms. The van der Waals surface area contributed by atoms with Gasteiger partial charge < -0.3 is 19.1 Å². The Morgan fingerprint density at radius 2 is 0.696 bits per heavy atom. The van der Waals surface area contributed by atoms with Crippen LogP contribution in [0, 0.1) is 0 Å². The second-order valence-electron chi connectivity index (χ2n) is 26.4. The Morgan fingerprint density at radius 3 is 1.16 bits per heavy atom. The van der Waals surface area contributed by atoms with Crippen molar-refractivity contribution < 1.29 is 15.7 Å². The van der Waals surface area contributed by atoms with Gasteiger partial charge in [0.1, 0.15) is 11.5 Å². The summed E-state index contributed by atoms with van der Waals surface area (Å²) in [6.07, 6.45) is 0. The first-order valence-electron chi connectivity index (χ1n) is 38.6. The Bertz CT molecular complexity index is 6360. The third-order valence-corrected chi connectivity index (χ3v) is 20.9. The summed E-state index contributed by atoms with van der Waals surface area (Å²) in [6.45, 7) is -0.617. The van der Waals surface area contributed by atoms with Crippen LogP contribution < -0.4 is 30.9 Å². The second kappa shape index (κ2) is 24.1. The van der Waals surface area contributed by atoms with Gasteiger partial charge in [-0.25, -0.2) is 0 Å². The predicted molar refractivity (Wildman–Crippen MR) is 426 cm³/mol. The Kier molecular flexibility index (Phi) is 12.0. The maximum Gasteiger partial charge on any atom is 0.252 e. The van der Waals surface area contributed by atoms with Crippen LogP contribution in [-0.2, 0) is 5.41 Å². The smallest absolute Gasteiger partial charge is 0.252 e. The number of anilines is 6. The molecule has 0 unspecified atom stereocenters. The van der Waals surface area contributed by atoms with Crippen LogP contribution in [0.1, 0.15) is 33.2 Å². The molecule has 4 heterocycles. The first kappa shape index (κ1) is 51.0. The molecule has 0 radical (unpaired) electrons. The van der Waals surface area contributed by atoms with Gasteiger partial charge in [-0.15, -0.1) is 0 Å². The molecule has 476 valence electrons. The van der Waals surface area contributed by atoms with E-state index in [-0.39, 0.29) is 33.9 Å². The fourth-order valence-corrected chi connectivity index (χ4v) is 16.6. The molecule has 16 aromatic carbocycles. The summed E-state index contributed by atoms with van der Waals surface area (Å²) in [5, 5.41) is -0.0130. The molecule has 0 spiro atoms. The van der Waals surface area contributed by atoms with Gasteiger partial charge >= 0.3 is 0 Å². The average molecular weight is 1310 g/mol. The Labute approximate surface area is 605 Å². The molecule has 3 aliphatic heterocycles. The number of rotatable bonds is 11. The number of para-hydroxylation sites is 4. The Balaban J connectivity index is 0.995. The molecule has 17 aromatic rings. The van der Waals surface area contributed by atoms with Crippen molar-refractivity contribution in [2.45, 2.75) is 5.41 Å². The zero-order chi connectivity index (χ0) is 74.2. The van der Waals surface area contributed by atoms with Crippen molar-refractivity contribution in [1.82, 2.24) is 4.57 Å². The van der Waals surface area contributed by atoms with Gasteiger partial charge in [-0.1, -0.05) is 340 Å². The quantitative estimate of drug-likeness (QED) is 0.120. The van der Waals surface area contributed by atoms with Crippen LogP contribution in [0.3, 0.4) is 0 Å². The Morgan fingerprint density at radius 1 is 0.294 bits per heavy atom. The molecular formula is C97H64BN3O. The summed E-state index contributed by atoms with van der Waals surface area (Å²) in [5.41, 5.74) is 23.1. The fourth-order valence-electron chi connectivity index (χ4n) is 16.6. The SMILES string of the molecule is [2H]c1c([2H])c([2H])c2c(c1[2H])c1c([2H])c([2H])c([2H])c([2H])c1n2-c1ccc2c(c1)N(c1c(-c3ccccc3)cccc1-c1ccccc1)c1cc(-c3ccccc3)cc3c1B2c1cc2c(cc1N3c1c(-c3ccccc3)cccc1-c1ccccc1)Oc1cc(-c3ccccc3)ccc1C2(c1ccccc1)c1ccccc1. The topological polar surface area (TPSA) is 20.6 Å². The van der Waals surface area contributed by atoms with Gasteiger partial charge in [0.25, 0.3) is 6.71 Å². The van der Waals surface area contributed by atoms with E-state index >= 15 is 0 Å². The van der Waals surface area contributed by atoms with Gasteiger partial charge in [-0.05, 0) is 114 Å². The highest BCUT2D eigenvalue weighted by Crippen LogP contribution is 2.60. The van der Waals surface area contributed by atoms with Gasteiger partial charge in [-0.3, -0.25) is 0 Å². The minimum atomic E-state index is -1.01. The van der Waals surface area contributed by atoms with E-state index in [1.807, 2.05) is 30.3 Å². The lowest BCUT2D eigenvalue weighted by Crippen LogP contribution is -2.61. The molecule has 1 aromatic heterocycles. The van der Waals surface area contributed by atoms with E-state index in [9.17, 15) is 8.22 Å². The van der Waals surface area contributed by atoms with Gasteiger partial charge in [0.05, 0.1) is 38.8 Å². The molecule has 3 aliphatic rings. The van der Waals surface area contributed by atoms with Crippen LogP contribution in [0.2, 0.25) is 0 Å². The fraction of sp³-hybridized carbons (Fsp3) is 0.0103. The normalized spacial score (nSPS) is 14.1. The average Bonchev–Trinajstić information content (AvgIpc) is 1.21. The highest BCUT2D eigenvalue weighted by atomic mass is 16.5. The highest BCUT2D eigenvalue weighted by molar-refractivity contribution is 7.00. The molecule has 0 fully saturated rings. The molecular weight excluding hydrogens is 1230 g/mol. The summed E-state index contributed by atoms with van der Waals surface area (Å²) in [5.74, 6) is 1.38. The molecule has 0 saturated carbocycles. The molecule has 102 heavy (non-hydrogen) atoms. The van der Waals surface area contributed by atoms with Crippen molar-refractivity contribution in [2.75, 3.05) is 9.80 Å². The highest BCUT2D eigenvalue weighted by Gasteiger charge is 2.51. The van der Waals surface area contributed by atoms with Crippen molar-refractivity contribution in [1.29, 1.82) is 0 Å². The van der Waals surface area contributed by atoms with Gasteiger partial charge in [0, 0.05) is 78.7 Å². The van der Waals surface area contributed by atoms with Crippen molar-refractivity contribution in [2.24, 2.45) is 0 Å². The van der Waals surface area contributed by atoms with Gasteiger partial charge in [0.15, 0.2) is 0 Å². The molecule has 0 bridgehead atoms. The van der Waals surface area contributed by atoms with E-state index in [0.717, 1.165) is 140 Å². The number of ether oxygens (including phenoxy) is 1. The summed E-state index contributed by atoms with van der Waals surface area (Å²) in [7, 11) is 0. The van der Waals surface area contributed by atoms with Crippen molar-refractivity contribution >= 4 is 79.0 Å². The monoisotopic (exact) mass is 1310 g/mol. The third kappa shape index (κ3) is 9.25. The van der Waals surface area contributed by atoms with Crippen molar-refractivity contribution in [3.05, 3.63) is 410 Å². The zero-order valence-electron chi connectivity index (χ0n) is 63.2. The lowest BCUT2D eigenvalue weighted by atomic mass is 9.33. The van der Waals surface area contributed by atoms with Gasteiger partial charge in [0.2, 0.25) is 0 Å². The largest absolute Gasteiger partial charge is 0.457 e. The van der Waals surface area contributed by atoms with E-state index in [4.69, 9.17) is 7.48 Å². The molecule has 0 atom stereocenters. The second-order valence-corrected chi connectivity index (χ2v) is 26.4. The number of aromatic nitrogens is 1. The summed E-state index contributed by atoms with van der Waals surface area (Å²) >= 11 is 0. The number of nitrogens with zero attached hydrogens (tertiary/aromatic N) is 3. The van der Waals surface area contributed by atoms with Gasteiger partial charge in [-0.2, -0.15) is 0 Å². The maximum atomic E-state index is 9.89. The van der Waals surface area contributed by atoms with Crippen molar-refractivity contribution in [3.8, 4) is 83.9 Å². The third-order valence-electron chi connectivity index (χ3n) is 20.9. The van der Waals surface area contributed by atoms with Crippen LogP contribution in [0.15, 0.2) is 388 Å². The predicted octanol–water partition coefficient (Wildman–Crippen LogP) is 23.4. The summed E-state index contributed by atoms with van der Waals surface area (Å²) < 4.78 is 85.3. The molecule has 0 saturated heterocycles. The first-order valence-corrected chi connectivity index (χ1v) is 34.6. The molecule has 4 nitrogen and oxygen atoms in total. The molecule has 0 aliphatic carbocycles. The number of hydrogen-bond donors (Lipinski definition) is 0. The van der Waals surface area contributed by atoms with E-state index in [1.165, 1.54) is 0 Å². The van der Waals surface area contributed by atoms with E-state index in [1.54, 1.807) is 4.57 Å². The van der Waals surface area contributed by atoms with E-state index in [2.05, 4.69) is 319 Å². The van der Waals surface area contributed by atoms with Crippen LogP contribution >= 0.6 is 0 Å². The van der Waals surface area contributed by atoms with Crippen LogP contribution in [-0.4, -0.2) is 11.3 Å². The molecule has 20 rings (SSSR count). The Hall–Kier alpha value is -13.2. The first-order chi connectivity index (χ1) is 54.0. The van der Waals surface area contributed by atoms with Crippen LogP contribution in [0.4, 0.5) is 34.1 Å². The molecule has 0 amide bonds. The lowest BCUT2D eigenvalue weighted by molar-refractivity contribution is 0.435. The zero-order valence-corrected chi connectivity index (χ0v) is 55.2. The number of hydrogen-bond acceptors (Lipinski definition) is 3. The standard InChI is InChI=1S/C97H64BN3O/c1-9-31-65(32-10-1)71-55-57-82-92(61-71)102-93-64-89-85(63-83(93)97(82,73-43-21-7-22-44-73)74-45-23-8-24-46-74)98-84-58-56-75(99-86-53-27-25-47-80(86)81-48-26-28-54-87(81)99)62-88(84)100(95-76(67-35-13-3-14-36-67)49-29-50-77(95)68-37-15-4-16-38-68)90-59-72(66-33-11-2-12-34-66)60-91(94(90)98)101(89)96-78(69-39-17-5-18-40-69)51-30-52-79(96)70-41-19-6-20-42-70/h1-64H/i25D,26D,27D,28D,47D,48D,53D,54D. The summed E-state index contributed by atoms with van der Waals surface area (Å²) in [6, 6.07) is 117. The maximum absolute atomic E-state index is 9.89. The van der Waals surface area contributed by atoms with Crippen molar-refractivity contribution in [3.63, 3.8) is 0 Å². The number of fused-ring (bicyclic) bond motifs is 9. The van der Waals surface area contributed by atoms with Crippen LogP contribution in [0.25, 0.3) is 94.3 Å². The minimum Gasteiger partial charge on any atom is -0.457 e. The van der Waals surface area contributed by atoms with Crippen LogP contribution in [0.5, 0.6) is 11.5 Å². The lowest BCUT2D eigenvalue weighted by Gasteiger charge is -2.47. The van der Waals surface area contributed by atoms with E-state index in [0.29, 0.717) is 17.1 Å².